The van der Waals surface area contributed by atoms with Gasteiger partial charge in [0.25, 0.3) is 0 Å². The highest BCUT2D eigenvalue weighted by atomic mass is 32.1. The standard InChI is InChI=1S/C15H21FN2S/c1-10-2-4-11(5-3-10)9-18-14-7-6-12(15(17)19)8-13(14)16/h6-8,10-11,18H,2-5,9H2,1H3,(H2,17,19). The van der Waals surface area contributed by atoms with Crippen LogP contribution in [0.5, 0.6) is 0 Å². The highest BCUT2D eigenvalue weighted by Gasteiger charge is 2.18. The van der Waals surface area contributed by atoms with Gasteiger partial charge in [0.15, 0.2) is 0 Å². The van der Waals surface area contributed by atoms with Gasteiger partial charge in [-0.1, -0.05) is 32.0 Å². The molecular formula is C15H21FN2S. The molecule has 1 aromatic carbocycles. The normalized spacial score (nSPS) is 23.1. The third-order valence-corrected chi connectivity index (χ3v) is 4.21. The van der Waals surface area contributed by atoms with Crippen molar-refractivity contribution in [3.63, 3.8) is 0 Å². The number of benzene rings is 1. The van der Waals surface area contributed by atoms with Crippen LogP contribution in [0.15, 0.2) is 18.2 Å². The zero-order valence-corrected chi connectivity index (χ0v) is 12.1. The minimum atomic E-state index is -0.283. The maximum Gasteiger partial charge on any atom is 0.146 e. The first-order chi connectivity index (χ1) is 9.06. The number of hydrogen-bond donors (Lipinski definition) is 2. The Morgan fingerprint density at radius 1 is 1.37 bits per heavy atom. The van der Waals surface area contributed by atoms with Crippen molar-refractivity contribution in [2.24, 2.45) is 17.6 Å². The van der Waals surface area contributed by atoms with Gasteiger partial charge in [0.05, 0.1) is 5.69 Å². The Hall–Kier alpha value is -1.16. The summed E-state index contributed by atoms with van der Waals surface area (Å²) >= 11 is 4.83. The van der Waals surface area contributed by atoms with Crippen molar-refractivity contribution < 1.29 is 4.39 Å². The summed E-state index contributed by atoms with van der Waals surface area (Å²) < 4.78 is 13.8. The number of anilines is 1. The van der Waals surface area contributed by atoms with E-state index in [4.69, 9.17) is 18.0 Å². The number of rotatable bonds is 4. The van der Waals surface area contributed by atoms with Gasteiger partial charge in [-0.3, -0.25) is 0 Å². The van der Waals surface area contributed by atoms with E-state index in [9.17, 15) is 4.39 Å². The first-order valence-electron chi connectivity index (χ1n) is 6.89. The van der Waals surface area contributed by atoms with E-state index in [0.29, 0.717) is 17.2 Å². The number of nitrogens with two attached hydrogens (primary N) is 1. The third kappa shape index (κ3) is 3.90. The van der Waals surface area contributed by atoms with E-state index >= 15 is 0 Å². The van der Waals surface area contributed by atoms with E-state index in [-0.39, 0.29) is 10.8 Å². The molecule has 0 aromatic heterocycles. The lowest BCUT2D eigenvalue weighted by atomic mass is 9.83. The summed E-state index contributed by atoms with van der Waals surface area (Å²) in [5, 5.41) is 3.20. The molecule has 0 spiro atoms. The van der Waals surface area contributed by atoms with Gasteiger partial charge >= 0.3 is 0 Å². The summed E-state index contributed by atoms with van der Waals surface area (Å²) in [6.07, 6.45) is 5.05. The van der Waals surface area contributed by atoms with E-state index in [0.717, 1.165) is 12.5 Å². The first-order valence-corrected chi connectivity index (χ1v) is 7.30. The Balaban J connectivity index is 1.91. The van der Waals surface area contributed by atoms with Crippen molar-refractivity contribution in [3.05, 3.63) is 29.6 Å². The van der Waals surface area contributed by atoms with Gasteiger partial charge in [-0.05, 0) is 42.9 Å². The molecule has 0 heterocycles. The topological polar surface area (TPSA) is 38.0 Å². The van der Waals surface area contributed by atoms with Crippen molar-refractivity contribution in [1.29, 1.82) is 0 Å². The Kier molecular flexibility index (Phi) is 4.75. The second-order valence-corrected chi connectivity index (χ2v) is 6.01. The molecule has 0 aliphatic heterocycles. The molecule has 0 unspecified atom stereocenters. The van der Waals surface area contributed by atoms with Gasteiger partial charge < -0.3 is 11.1 Å². The number of halogens is 1. The number of hydrogen-bond acceptors (Lipinski definition) is 2. The Morgan fingerprint density at radius 2 is 2.05 bits per heavy atom. The van der Waals surface area contributed by atoms with E-state index in [2.05, 4.69) is 12.2 Å². The summed E-state index contributed by atoms with van der Waals surface area (Å²) in [5.74, 6) is 1.22. The molecule has 0 bridgehead atoms. The molecule has 0 atom stereocenters. The molecule has 1 aliphatic carbocycles. The quantitative estimate of drug-likeness (QED) is 0.826. The number of nitrogens with one attached hydrogen (secondary N) is 1. The second-order valence-electron chi connectivity index (χ2n) is 5.57. The average molecular weight is 280 g/mol. The predicted octanol–water partition coefficient (Wildman–Crippen LogP) is 3.70. The molecule has 0 saturated heterocycles. The fourth-order valence-electron chi connectivity index (χ4n) is 2.60. The van der Waals surface area contributed by atoms with Crippen LogP contribution in [0.2, 0.25) is 0 Å². The van der Waals surface area contributed by atoms with Crippen LogP contribution in [-0.4, -0.2) is 11.5 Å². The first kappa shape index (κ1) is 14.3. The van der Waals surface area contributed by atoms with E-state index in [1.54, 1.807) is 12.1 Å². The van der Waals surface area contributed by atoms with Gasteiger partial charge in [0.2, 0.25) is 0 Å². The Morgan fingerprint density at radius 3 is 2.63 bits per heavy atom. The predicted molar refractivity (Wildman–Crippen MR) is 81.9 cm³/mol. The smallest absolute Gasteiger partial charge is 0.146 e. The zero-order chi connectivity index (χ0) is 13.8. The van der Waals surface area contributed by atoms with Gasteiger partial charge in [0, 0.05) is 12.1 Å². The Bertz CT molecular complexity index is 453. The molecule has 4 heteroatoms. The maximum absolute atomic E-state index is 13.8. The van der Waals surface area contributed by atoms with E-state index in [1.807, 2.05) is 0 Å². The van der Waals surface area contributed by atoms with Crippen LogP contribution in [0.1, 0.15) is 38.2 Å². The van der Waals surface area contributed by atoms with Crippen molar-refractivity contribution in [2.75, 3.05) is 11.9 Å². The van der Waals surface area contributed by atoms with Crippen LogP contribution >= 0.6 is 12.2 Å². The summed E-state index contributed by atoms with van der Waals surface area (Å²) in [6, 6.07) is 4.87. The van der Waals surface area contributed by atoms with Crippen LogP contribution < -0.4 is 11.1 Å². The molecule has 1 saturated carbocycles. The van der Waals surface area contributed by atoms with Crippen molar-refractivity contribution >= 4 is 22.9 Å². The van der Waals surface area contributed by atoms with Crippen molar-refractivity contribution in [3.8, 4) is 0 Å². The maximum atomic E-state index is 13.8. The average Bonchev–Trinajstić information content (AvgIpc) is 2.39. The van der Waals surface area contributed by atoms with E-state index < -0.39 is 0 Å². The summed E-state index contributed by atoms with van der Waals surface area (Å²) in [6.45, 7) is 3.15. The van der Waals surface area contributed by atoms with E-state index in [1.165, 1.54) is 31.7 Å². The highest BCUT2D eigenvalue weighted by molar-refractivity contribution is 7.80. The lowest BCUT2D eigenvalue weighted by Gasteiger charge is -2.26. The van der Waals surface area contributed by atoms with Crippen LogP contribution in [0.4, 0.5) is 10.1 Å². The molecule has 0 amide bonds. The van der Waals surface area contributed by atoms with Crippen LogP contribution in [-0.2, 0) is 0 Å². The lowest BCUT2D eigenvalue weighted by Crippen LogP contribution is -2.20. The third-order valence-electron chi connectivity index (χ3n) is 3.97. The fraction of sp³-hybridized carbons (Fsp3) is 0.533. The number of thiocarbonyl (C=S) groups is 1. The summed E-state index contributed by atoms with van der Waals surface area (Å²) in [7, 11) is 0. The minimum absolute atomic E-state index is 0.228. The summed E-state index contributed by atoms with van der Waals surface area (Å²) in [5.41, 5.74) is 6.59. The largest absolute Gasteiger partial charge is 0.389 e. The molecule has 2 rings (SSSR count). The molecule has 2 nitrogen and oxygen atoms in total. The van der Waals surface area contributed by atoms with Gasteiger partial charge in [-0.25, -0.2) is 4.39 Å². The zero-order valence-electron chi connectivity index (χ0n) is 11.3. The fourth-order valence-corrected chi connectivity index (χ4v) is 2.73. The monoisotopic (exact) mass is 280 g/mol. The minimum Gasteiger partial charge on any atom is -0.389 e. The molecular weight excluding hydrogens is 259 g/mol. The van der Waals surface area contributed by atoms with Crippen molar-refractivity contribution in [2.45, 2.75) is 32.6 Å². The van der Waals surface area contributed by atoms with Gasteiger partial charge in [-0.2, -0.15) is 0 Å². The molecule has 1 aliphatic rings. The van der Waals surface area contributed by atoms with Crippen LogP contribution in [0.3, 0.4) is 0 Å². The molecule has 104 valence electrons. The van der Waals surface area contributed by atoms with Crippen LogP contribution in [0, 0.1) is 17.7 Å². The molecule has 0 radical (unpaired) electrons. The second kappa shape index (κ2) is 6.33. The lowest BCUT2D eigenvalue weighted by molar-refractivity contribution is 0.300. The molecule has 3 N–H and O–H groups in total. The molecule has 19 heavy (non-hydrogen) atoms. The van der Waals surface area contributed by atoms with Crippen LogP contribution in [0.25, 0.3) is 0 Å². The Labute approximate surface area is 119 Å². The van der Waals surface area contributed by atoms with Gasteiger partial charge in [-0.15, -0.1) is 0 Å². The van der Waals surface area contributed by atoms with Gasteiger partial charge in [0.1, 0.15) is 10.8 Å². The SMILES string of the molecule is CC1CCC(CNc2ccc(C(N)=S)cc2F)CC1. The summed E-state index contributed by atoms with van der Waals surface area (Å²) in [4.78, 5) is 0.228. The molecule has 1 aromatic rings. The molecule has 1 fully saturated rings. The highest BCUT2D eigenvalue weighted by Crippen LogP contribution is 2.28. The van der Waals surface area contributed by atoms with Crippen molar-refractivity contribution in [1.82, 2.24) is 0 Å².